The summed E-state index contributed by atoms with van der Waals surface area (Å²) >= 11 is 3.38. The van der Waals surface area contributed by atoms with Crippen molar-refractivity contribution in [2.45, 2.75) is 31.7 Å². The zero-order valence-electron chi connectivity index (χ0n) is 15.0. The number of nitrogens with one attached hydrogen (secondary N) is 2. The highest BCUT2D eigenvalue weighted by Gasteiger charge is 2.20. The van der Waals surface area contributed by atoms with E-state index in [9.17, 15) is 13.2 Å². The maximum Gasteiger partial charge on any atom is 0.261 e. The van der Waals surface area contributed by atoms with Crippen molar-refractivity contribution in [3.63, 3.8) is 0 Å². The summed E-state index contributed by atoms with van der Waals surface area (Å²) in [5.74, 6) is -0.0880. The van der Waals surface area contributed by atoms with Crippen LogP contribution in [-0.4, -0.2) is 27.5 Å². The third kappa shape index (κ3) is 4.76. The van der Waals surface area contributed by atoms with E-state index in [1.807, 2.05) is 20.8 Å². The van der Waals surface area contributed by atoms with E-state index in [1.54, 1.807) is 18.2 Å². The number of ether oxygens (including phenoxy) is 1. The number of halogens is 1. The average Bonchev–Trinajstić information content (AvgIpc) is 2.56. The van der Waals surface area contributed by atoms with Gasteiger partial charge in [0.05, 0.1) is 17.6 Å². The van der Waals surface area contributed by atoms with E-state index in [4.69, 9.17) is 4.74 Å². The van der Waals surface area contributed by atoms with Crippen LogP contribution in [0.25, 0.3) is 0 Å². The summed E-state index contributed by atoms with van der Waals surface area (Å²) in [6.07, 6.45) is 0. The molecule has 0 bridgehead atoms. The van der Waals surface area contributed by atoms with Crippen LogP contribution in [0.4, 0.5) is 5.69 Å². The molecule has 26 heavy (non-hydrogen) atoms. The lowest BCUT2D eigenvalue weighted by Crippen LogP contribution is -2.30. The number of sulfonamides is 1. The third-order valence-electron chi connectivity index (χ3n) is 3.56. The van der Waals surface area contributed by atoms with Gasteiger partial charge in [-0.05, 0) is 62.7 Å². The van der Waals surface area contributed by atoms with Gasteiger partial charge in [0.1, 0.15) is 5.75 Å². The number of hydrogen-bond donors (Lipinski definition) is 2. The number of rotatable bonds is 6. The van der Waals surface area contributed by atoms with E-state index < -0.39 is 15.9 Å². The predicted octanol–water partition coefficient (Wildman–Crippen LogP) is 3.71. The van der Waals surface area contributed by atoms with Gasteiger partial charge in [0, 0.05) is 16.2 Å². The van der Waals surface area contributed by atoms with Crippen molar-refractivity contribution in [1.82, 2.24) is 5.32 Å². The Bertz CT molecular complexity index is 927. The molecule has 0 saturated carbocycles. The molecule has 0 unspecified atom stereocenters. The van der Waals surface area contributed by atoms with Crippen LogP contribution in [0.1, 0.15) is 29.8 Å². The molecule has 0 fully saturated rings. The van der Waals surface area contributed by atoms with E-state index in [0.717, 1.165) is 10.0 Å². The van der Waals surface area contributed by atoms with Crippen molar-refractivity contribution in [2.75, 3.05) is 11.8 Å². The molecule has 8 heteroatoms. The van der Waals surface area contributed by atoms with Gasteiger partial charge in [-0.2, -0.15) is 0 Å². The first kappa shape index (κ1) is 20.3. The number of methoxy groups -OCH3 is 1. The smallest absolute Gasteiger partial charge is 0.261 e. The molecule has 140 valence electrons. The highest BCUT2D eigenvalue weighted by atomic mass is 79.9. The monoisotopic (exact) mass is 440 g/mol. The maximum absolute atomic E-state index is 12.7. The minimum Gasteiger partial charge on any atom is -0.496 e. The number of benzene rings is 2. The van der Waals surface area contributed by atoms with Gasteiger partial charge in [0.25, 0.3) is 15.9 Å². The van der Waals surface area contributed by atoms with Gasteiger partial charge in [0.15, 0.2) is 0 Å². The van der Waals surface area contributed by atoms with Crippen molar-refractivity contribution >= 4 is 37.5 Å². The van der Waals surface area contributed by atoms with Crippen LogP contribution >= 0.6 is 15.9 Å². The number of aryl methyl sites for hydroxylation is 1. The van der Waals surface area contributed by atoms with Crippen molar-refractivity contribution in [3.8, 4) is 5.75 Å². The summed E-state index contributed by atoms with van der Waals surface area (Å²) in [5, 5.41) is 2.74. The van der Waals surface area contributed by atoms with Gasteiger partial charge in [-0.3, -0.25) is 9.52 Å². The minimum absolute atomic E-state index is 0.0206. The summed E-state index contributed by atoms with van der Waals surface area (Å²) in [7, 11) is -2.42. The Morgan fingerprint density at radius 2 is 1.85 bits per heavy atom. The fraction of sp³-hybridized carbons (Fsp3) is 0.278. The van der Waals surface area contributed by atoms with Crippen LogP contribution in [-0.2, 0) is 10.0 Å². The van der Waals surface area contributed by atoms with Crippen molar-refractivity contribution < 1.29 is 17.9 Å². The Morgan fingerprint density at radius 1 is 1.15 bits per heavy atom. The first-order chi connectivity index (χ1) is 12.1. The lowest BCUT2D eigenvalue weighted by molar-refractivity contribution is 0.0940. The second-order valence-electron chi connectivity index (χ2n) is 6.06. The quantitative estimate of drug-likeness (QED) is 0.716. The molecular formula is C18H21BrN2O4S. The van der Waals surface area contributed by atoms with Gasteiger partial charge in [-0.1, -0.05) is 15.9 Å². The molecule has 0 aliphatic carbocycles. The summed E-state index contributed by atoms with van der Waals surface area (Å²) in [4.78, 5) is 12.3. The summed E-state index contributed by atoms with van der Waals surface area (Å²) in [6.45, 7) is 5.51. The summed E-state index contributed by atoms with van der Waals surface area (Å²) < 4.78 is 34.0. The van der Waals surface area contributed by atoms with E-state index in [2.05, 4.69) is 26.0 Å². The minimum atomic E-state index is -3.85. The standard InChI is InChI=1S/C18H21BrN2O4S/c1-11(2)20-18(22)15-10-14(6-8-17(15)25-4)26(23,24)21-13-5-7-16(19)12(3)9-13/h5-11,21H,1-4H3,(H,20,22). The Hall–Kier alpha value is -2.06. The van der Waals surface area contributed by atoms with Crippen molar-refractivity contribution in [1.29, 1.82) is 0 Å². The van der Waals surface area contributed by atoms with Gasteiger partial charge in [-0.15, -0.1) is 0 Å². The second kappa shape index (κ2) is 8.09. The molecule has 0 spiro atoms. The van der Waals surface area contributed by atoms with Crippen molar-refractivity contribution in [2.24, 2.45) is 0 Å². The molecular weight excluding hydrogens is 420 g/mol. The fourth-order valence-electron chi connectivity index (χ4n) is 2.29. The normalized spacial score (nSPS) is 11.3. The molecule has 0 saturated heterocycles. The molecule has 6 nitrogen and oxygen atoms in total. The molecule has 2 aromatic carbocycles. The summed E-state index contributed by atoms with van der Waals surface area (Å²) in [6, 6.07) is 9.24. The van der Waals surface area contributed by atoms with E-state index in [-0.39, 0.29) is 16.5 Å². The molecule has 0 atom stereocenters. The highest BCUT2D eigenvalue weighted by molar-refractivity contribution is 9.10. The molecule has 0 heterocycles. The number of carbonyl (C=O) groups excluding carboxylic acids is 1. The second-order valence-corrected chi connectivity index (χ2v) is 8.60. The fourth-order valence-corrected chi connectivity index (χ4v) is 3.62. The zero-order chi connectivity index (χ0) is 19.5. The third-order valence-corrected chi connectivity index (χ3v) is 5.82. The molecule has 1 amide bonds. The Kier molecular flexibility index (Phi) is 6.30. The molecule has 0 aliphatic heterocycles. The van der Waals surface area contributed by atoms with Gasteiger partial charge < -0.3 is 10.1 Å². The number of carbonyl (C=O) groups is 1. The molecule has 2 rings (SSSR count). The van der Waals surface area contributed by atoms with Crippen LogP contribution in [0.2, 0.25) is 0 Å². The van der Waals surface area contributed by atoms with Crippen LogP contribution < -0.4 is 14.8 Å². The van der Waals surface area contributed by atoms with E-state index >= 15 is 0 Å². The lowest BCUT2D eigenvalue weighted by atomic mass is 10.2. The topological polar surface area (TPSA) is 84.5 Å². The number of hydrogen-bond acceptors (Lipinski definition) is 4. The molecule has 0 radical (unpaired) electrons. The van der Waals surface area contributed by atoms with Crippen LogP contribution in [0.5, 0.6) is 5.75 Å². The Balaban J connectivity index is 2.39. The zero-order valence-corrected chi connectivity index (χ0v) is 17.4. The highest BCUT2D eigenvalue weighted by Crippen LogP contribution is 2.26. The number of amides is 1. The first-order valence-electron chi connectivity index (χ1n) is 7.92. The SMILES string of the molecule is COc1ccc(S(=O)(=O)Nc2ccc(Br)c(C)c2)cc1C(=O)NC(C)C. The van der Waals surface area contributed by atoms with Crippen LogP contribution in [0.3, 0.4) is 0 Å². The van der Waals surface area contributed by atoms with Crippen LogP contribution in [0.15, 0.2) is 45.8 Å². The molecule has 2 aromatic rings. The maximum atomic E-state index is 12.7. The predicted molar refractivity (Wildman–Crippen MR) is 105 cm³/mol. The largest absolute Gasteiger partial charge is 0.496 e. The average molecular weight is 441 g/mol. The van der Waals surface area contributed by atoms with Gasteiger partial charge in [0.2, 0.25) is 0 Å². The Labute approximate surface area is 162 Å². The first-order valence-corrected chi connectivity index (χ1v) is 10.2. The molecule has 0 aliphatic rings. The molecule has 0 aromatic heterocycles. The van der Waals surface area contributed by atoms with E-state index in [1.165, 1.54) is 25.3 Å². The Morgan fingerprint density at radius 3 is 2.42 bits per heavy atom. The van der Waals surface area contributed by atoms with E-state index in [0.29, 0.717) is 11.4 Å². The number of anilines is 1. The van der Waals surface area contributed by atoms with Crippen molar-refractivity contribution in [3.05, 3.63) is 52.0 Å². The van der Waals surface area contributed by atoms with Gasteiger partial charge in [-0.25, -0.2) is 8.42 Å². The van der Waals surface area contributed by atoms with Crippen LogP contribution in [0, 0.1) is 6.92 Å². The lowest BCUT2D eigenvalue weighted by Gasteiger charge is -2.14. The summed E-state index contributed by atoms with van der Waals surface area (Å²) in [5.41, 5.74) is 1.50. The molecule has 2 N–H and O–H groups in total. The van der Waals surface area contributed by atoms with Gasteiger partial charge >= 0.3 is 0 Å².